The molecule has 1 fully saturated rings. The van der Waals surface area contributed by atoms with E-state index in [2.05, 4.69) is 0 Å². The third kappa shape index (κ3) is 2.56. The molecule has 0 bridgehead atoms. The van der Waals surface area contributed by atoms with Gasteiger partial charge in [0.1, 0.15) is 30.9 Å². The van der Waals surface area contributed by atoms with Crippen LogP contribution in [-0.2, 0) is 0 Å². The summed E-state index contributed by atoms with van der Waals surface area (Å²) in [5, 5.41) is 37.3. The molecule has 0 radical (unpaired) electrons. The minimum atomic E-state index is -1.15. The van der Waals surface area contributed by atoms with E-state index in [0.717, 1.165) is 0 Å². The molecule has 4 N–H and O–H groups in total. The van der Waals surface area contributed by atoms with Crippen LogP contribution in [0, 0.1) is 0 Å². The number of hydrogen-bond donors (Lipinski definition) is 4. The first kappa shape index (κ1) is 14.5. The molecule has 0 aromatic heterocycles. The molecule has 1 saturated heterocycles. The quantitative estimate of drug-likeness (QED) is 0.287. The van der Waals surface area contributed by atoms with Crippen molar-refractivity contribution >= 4 is 0 Å². The van der Waals surface area contributed by atoms with Crippen LogP contribution >= 0.6 is 0 Å². The van der Waals surface area contributed by atoms with Crippen LogP contribution in [0.15, 0.2) is 0 Å². The van der Waals surface area contributed by atoms with Crippen molar-refractivity contribution in [1.82, 2.24) is 0 Å². The summed E-state index contributed by atoms with van der Waals surface area (Å²) >= 11 is 0. The highest BCUT2D eigenvalue weighted by Gasteiger charge is 2.47. The fourth-order valence-electron chi connectivity index (χ4n) is 1.92. The summed E-state index contributed by atoms with van der Waals surface area (Å²) in [6.07, 6.45) is -3.14. The minimum absolute atomic E-state index is 0. The zero-order chi connectivity index (χ0) is 10.2. The Hall–Kier alpha value is 0.530. The monoisotopic (exact) mass is 319 g/mol. The first-order valence-electron chi connectivity index (χ1n) is 4.38. The van der Waals surface area contributed by atoms with Crippen LogP contribution in [0.4, 0.5) is 0 Å². The van der Waals surface area contributed by atoms with Gasteiger partial charge in [0.15, 0.2) is 0 Å². The molecule has 4 atom stereocenters. The molecule has 0 aromatic carbocycles. The summed E-state index contributed by atoms with van der Waals surface area (Å²) in [4.78, 5) is 0. The van der Waals surface area contributed by atoms with E-state index in [0.29, 0.717) is 11.0 Å². The van der Waals surface area contributed by atoms with Gasteiger partial charge >= 0.3 is 0 Å². The van der Waals surface area contributed by atoms with E-state index in [4.69, 9.17) is 5.11 Å². The molecule has 0 amide bonds. The zero-order valence-corrected chi connectivity index (χ0v) is 10.5. The third-order valence-electron chi connectivity index (χ3n) is 2.88. The van der Waals surface area contributed by atoms with E-state index in [1.54, 1.807) is 14.1 Å². The van der Waals surface area contributed by atoms with E-state index in [-0.39, 0.29) is 30.6 Å². The lowest BCUT2D eigenvalue weighted by Gasteiger charge is -2.47. The molecule has 1 heterocycles. The van der Waals surface area contributed by atoms with Crippen LogP contribution in [0.2, 0.25) is 0 Å². The number of aliphatic hydroxyl groups excluding tert-OH is 4. The topological polar surface area (TPSA) is 80.9 Å². The lowest BCUT2D eigenvalue weighted by Crippen LogP contribution is -3.00. The number of likely N-dealkylation sites (tertiary alicyclic amines) is 1. The van der Waals surface area contributed by atoms with Gasteiger partial charge in [-0.25, -0.2) is 0 Å². The molecule has 6 heteroatoms. The van der Waals surface area contributed by atoms with Gasteiger partial charge in [0.25, 0.3) is 0 Å². The molecular formula is C8H18INO4. The van der Waals surface area contributed by atoms with Gasteiger partial charge in [0, 0.05) is 0 Å². The summed E-state index contributed by atoms with van der Waals surface area (Å²) < 4.78 is 0.315. The Labute approximate surface area is 101 Å². The second-order valence-corrected chi connectivity index (χ2v) is 4.26. The van der Waals surface area contributed by atoms with Gasteiger partial charge in [-0.1, -0.05) is 0 Å². The number of piperidine rings is 1. The number of likely N-dealkylation sites (N-methyl/N-ethyl adjacent to an activating group) is 1. The van der Waals surface area contributed by atoms with Crippen molar-refractivity contribution in [3.05, 3.63) is 0 Å². The number of halogens is 1. The van der Waals surface area contributed by atoms with Crippen molar-refractivity contribution < 1.29 is 48.9 Å². The van der Waals surface area contributed by atoms with Gasteiger partial charge in [-0.05, 0) is 0 Å². The fourth-order valence-corrected chi connectivity index (χ4v) is 1.92. The predicted molar refractivity (Wildman–Crippen MR) is 45.9 cm³/mol. The Morgan fingerprint density at radius 3 is 2.07 bits per heavy atom. The fraction of sp³-hybridized carbons (Fsp3) is 1.00. The van der Waals surface area contributed by atoms with Crippen molar-refractivity contribution in [2.75, 3.05) is 27.2 Å². The molecule has 1 rings (SSSR count). The highest BCUT2D eigenvalue weighted by atomic mass is 127. The Bertz CT molecular complexity index is 190. The average Bonchev–Trinajstić information content (AvgIpc) is 2.00. The number of quaternary nitrogens is 1. The lowest BCUT2D eigenvalue weighted by atomic mass is 9.93. The van der Waals surface area contributed by atoms with E-state index in [1.807, 2.05) is 0 Å². The van der Waals surface area contributed by atoms with Gasteiger partial charge in [-0.15, -0.1) is 0 Å². The standard InChI is InChI=1S/C8H18NO4.HI/c1-9(2)3-6(11)8(13)7(12)5(9)4-10;/h5-8,10-13H,3-4H2,1-2H3;1H/q+1;/p-1/t5-,6+,7+,8-;/m1./s1. The molecule has 0 unspecified atom stereocenters. The molecule has 14 heavy (non-hydrogen) atoms. The van der Waals surface area contributed by atoms with Gasteiger partial charge in [-0.3, -0.25) is 0 Å². The normalized spacial score (nSPS) is 41.6. The molecule has 0 aromatic rings. The molecular weight excluding hydrogens is 301 g/mol. The van der Waals surface area contributed by atoms with Gasteiger partial charge in [0.2, 0.25) is 0 Å². The van der Waals surface area contributed by atoms with Gasteiger partial charge < -0.3 is 48.9 Å². The van der Waals surface area contributed by atoms with Crippen molar-refractivity contribution in [3.63, 3.8) is 0 Å². The van der Waals surface area contributed by atoms with E-state index in [1.165, 1.54) is 0 Å². The second-order valence-electron chi connectivity index (χ2n) is 4.26. The highest BCUT2D eigenvalue weighted by Crippen LogP contribution is 2.22. The molecule has 1 aliphatic rings. The summed E-state index contributed by atoms with van der Waals surface area (Å²) in [5.74, 6) is 0. The number of rotatable bonds is 1. The molecule has 0 spiro atoms. The maximum absolute atomic E-state index is 9.56. The first-order chi connectivity index (χ1) is 5.90. The maximum Gasteiger partial charge on any atom is 0.141 e. The van der Waals surface area contributed by atoms with Crippen molar-refractivity contribution in [3.8, 4) is 0 Å². The Morgan fingerprint density at radius 2 is 1.64 bits per heavy atom. The average molecular weight is 319 g/mol. The van der Waals surface area contributed by atoms with Crippen LogP contribution in [0.3, 0.4) is 0 Å². The molecule has 0 aliphatic carbocycles. The molecule has 1 aliphatic heterocycles. The van der Waals surface area contributed by atoms with Gasteiger partial charge in [0.05, 0.1) is 20.7 Å². The van der Waals surface area contributed by atoms with E-state index < -0.39 is 24.4 Å². The van der Waals surface area contributed by atoms with Crippen molar-refractivity contribution in [2.45, 2.75) is 24.4 Å². The number of aliphatic hydroxyl groups is 4. The van der Waals surface area contributed by atoms with Crippen molar-refractivity contribution in [1.29, 1.82) is 0 Å². The predicted octanol–water partition coefficient (Wildman–Crippen LogP) is -5.48. The molecule has 0 saturated carbocycles. The minimum Gasteiger partial charge on any atom is -1.00 e. The van der Waals surface area contributed by atoms with Crippen LogP contribution in [0.5, 0.6) is 0 Å². The van der Waals surface area contributed by atoms with Crippen LogP contribution in [0.1, 0.15) is 0 Å². The summed E-state index contributed by atoms with van der Waals surface area (Å²) in [6.45, 7) is 0.140. The number of nitrogens with zero attached hydrogens (tertiary/aromatic N) is 1. The van der Waals surface area contributed by atoms with Gasteiger partial charge in [-0.2, -0.15) is 0 Å². The SMILES string of the molecule is C[N+]1(C)C[C@H](O)[C@@H](O)[C@@H](O)[C@H]1CO.[I-]. The lowest BCUT2D eigenvalue weighted by molar-refractivity contribution is -0.929. The van der Waals surface area contributed by atoms with E-state index in [9.17, 15) is 15.3 Å². The first-order valence-corrected chi connectivity index (χ1v) is 4.38. The third-order valence-corrected chi connectivity index (χ3v) is 2.88. The summed E-state index contributed by atoms with van der Waals surface area (Å²) in [6, 6.07) is -0.432. The largest absolute Gasteiger partial charge is 1.00 e. The van der Waals surface area contributed by atoms with Crippen LogP contribution < -0.4 is 24.0 Å². The highest BCUT2D eigenvalue weighted by molar-refractivity contribution is 4.86. The van der Waals surface area contributed by atoms with Crippen LogP contribution in [0.25, 0.3) is 0 Å². The zero-order valence-electron chi connectivity index (χ0n) is 8.34. The Kier molecular flexibility index (Phi) is 5.23. The summed E-state index contributed by atoms with van der Waals surface area (Å²) in [5.41, 5.74) is 0. The Balaban J connectivity index is 0.00000169. The smallest absolute Gasteiger partial charge is 0.141 e. The summed E-state index contributed by atoms with van der Waals surface area (Å²) in [7, 11) is 3.61. The van der Waals surface area contributed by atoms with Crippen LogP contribution in [-0.4, -0.2) is 76.5 Å². The Morgan fingerprint density at radius 1 is 1.14 bits per heavy atom. The molecule has 86 valence electrons. The number of hydrogen-bond acceptors (Lipinski definition) is 4. The maximum atomic E-state index is 9.56. The second kappa shape index (κ2) is 5.04. The van der Waals surface area contributed by atoms with Crippen molar-refractivity contribution in [2.24, 2.45) is 0 Å². The van der Waals surface area contributed by atoms with E-state index >= 15 is 0 Å². The molecule has 5 nitrogen and oxygen atoms in total.